The third kappa shape index (κ3) is 4.98. The van der Waals surface area contributed by atoms with Crippen LogP contribution in [0.2, 0.25) is 0 Å². The average Bonchev–Trinajstić information content (AvgIpc) is 3.31. The molecular weight excluding hydrogens is 449 g/mol. The fourth-order valence-electron chi connectivity index (χ4n) is 3.96. The van der Waals surface area contributed by atoms with Gasteiger partial charge in [-0.05, 0) is 17.7 Å². The molecule has 3 aromatic rings. The van der Waals surface area contributed by atoms with Crippen molar-refractivity contribution < 1.29 is 39.1 Å². The number of carbonyl (C=O) groups is 1. The van der Waals surface area contributed by atoms with Crippen LogP contribution < -0.4 is 0 Å². The summed E-state index contributed by atoms with van der Waals surface area (Å²) in [5.74, 6) is -1.86. The summed E-state index contributed by atoms with van der Waals surface area (Å²) in [5.41, 5.74) is 1.41. The van der Waals surface area contributed by atoms with Crippen molar-refractivity contribution in [3.8, 4) is 11.3 Å². The van der Waals surface area contributed by atoms with Gasteiger partial charge in [0, 0.05) is 5.56 Å². The molecule has 0 saturated carbocycles. The summed E-state index contributed by atoms with van der Waals surface area (Å²) in [7, 11) is 0. The Labute approximate surface area is 193 Å². The molecule has 0 aliphatic carbocycles. The van der Waals surface area contributed by atoms with Crippen LogP contribution in [0.3, 0.4) is 0 Å². The normalized spacial score (nSPS) is 25.7. The van der Waals surface area contributed by atoms with Gasteiger partial charge in [-0.1, -0.05) is 47.7 Å². The number of hydrogen-bond donors (Lipinski definition) is 4. The summed E-state index contributed by atoms with van der Waals surface area (Å²) >= 11 is 0. The molecule has 1 aliphatic rings. The smallest absolute Gasteiger partial charge is 0.335 e. The van der Waals surface area contributed by atoms with Gasteiger partial charge in [0.15, 0.2) is 6.10 Å². The molecule has 2 heterocycles. The number of aliphatic hydroxyl groups excluding tert-OH is 3. The molecule has 1 aromatic heterocycles. The maximum Gasteiger partial charge on any atom is 0.335 e. The Morgan fingerprint density at radius 1 is 1.15 bits per heavy atom. The van der Waals surface area contributed by atoms with Gasteiger partial charge in [-0.15, -0.1) is 5.10 Å². The number of aliphatic carboxylic acids is 1. The van der Waals surface area contributed by atoms with Crippen LogP contribution in [0, 0.1) is 5.82 Å². The van der Waals surface area contributed by atoms with E-state index in [9.17, 15) is 29.6 Å². The van der Waals surface area contributed by atoms with Crippen LogP contribution >= 0.6 is 0 Å². The Balaban J connectivity index is 1.60. The molecule has 1 saturated heterocycles. The summed E-state index contributed by atoms with van der Waals surface area (Å²) in [6.45, 7) is -0.703. The van der Waals surface area contributed by atoms with E-state index < -0.39 is 55.0 Å². The predicted molar refractivity (Wildman–Crippen MR) is 115 cm³/mol. The second kappa shape index (κ2) is 10.4. The zero-order valence-electron chi connectivity index (χ0n) is 17.9. The molecule has 180 valence electrons. The van der Waals surface area contributed by atoms with Crippen molar-refractivity contribution in [2.24, 2.45) is 0 Å². The highest BCUT2D eigenvalue weighted by molar-refractivity contribution is 5.73. The van der Waals surface area contributed by atoms with Crippen molar-refractivity contribution >= 4 is 5.97 Å². The Morgan fingerprint density at radius 2 is 1.91 bits per heavy atom. The molecule has 0 amide bonds. The van der Waals surface area contributed by atoms with E-state index in [-0.39, 0.29) is 12.3 Å². The lowest BCUT2D eigenvalue weighted by Crippen LogP contribution is -2.60. The number of ether oxygens (including phenoxy) is 2. The third-order valence-electron chi connectivity index (χ3n) is 5.68. The third-order valence-corrected chi connectivity index (χ3v) is 5.68. The van der Waals surface area contributed by atoms with Crippen molar-refractivity contribution in [1.29, 1.82) is 0 Å². The molecule has 0 radical (unpaired) electrons. The molecule has 34 heavy (non-hydrogen) atoms. The number of aliphatic hydroxyl groups is 3. The molecule has 0 bridgehead atoms. The maximum absolute atomic E-state index is 13.6. The molecule has 4 N–H and O–H groups in total. The largest absolute Gasteiger partial charge is 0.479 e. The first-order valence-corrected chi connectivity index (χ1v) is 10.6. The highest BCUT2D eigenvalue weighted by atomic mass is 19.1. The minimum Gasteiger partial charge on any atom is -0.479 e. The number of nitrogens with zero attached hydrogens (tertiary/aromatic N) is 3. The minimum absolute atomic E-state index is 0.0611. The van der Waals surface area contributed by atoms with E-state index in [0.717, 1.165) is 4.68 Å². The summed E-state index contributed by atoms with van der Waals surface area (Å²) in [5, 5.41) is 49.2. The van der Waals surface area contributed by atoms with Gasteiger partial charge in [-0.2, -0.15) is 0 Å². The summed E-state index contributed by atoms with van der Waals surface area (Å²) in [6, 6.07) is 13.3. The molecule has 11 heteroatoms. The van der Waals surface area contributed by atoms with Gasteiger partial charge in [0.2, 0.25) is 0 Å². The number of halogens is 1. The fourth-order valence-corrected chi connectivity index (χ4v) is 3.96. The van der Waals surface area contributed by atoms with Crippen LogP contribution in [-0.4, -0.2) is 78.5 Å². The Kier molecular flexibility index (Phi) is 7.29. The van der Waals surface area contributed by atoms with Gasteiger partial charge < -0.3 is 29.9 Å². The number of carboxylic acid groups (broad SMARTS) is 1. The number of hydrogen-bond acceptors (Lipinski definition) is 8. The first-order chi connectivity index (χ1) is 16.4. The standard InChI is InChI=1S/C23H24FN3O7/c24-15-8-4-7-14(9-15)16-10-27(26-25-16)18-19(29)17(11-28)34-21(20(18)30)22(23(31)32)33-12-13-5-2-1-3-6-13/h1-10,17-22,28-30H,11-12H2,(H,31,32)/t17?,18-,19-,20?,21+,22-/m0/s1. The van der Waals surface area contributed by atoms with E-state index in [4.69, 9.17) is 9.47 Å². The van der Waals surface area contributed by atoms with Gasteiger partial charge >= 0.3 is 5.97 Å². The first kappa shape index (κ1) is 23.9. The molecule has 10 nitrogen and oxygen atoms in total. The summed E-state index contributed by atoms with van der Waals surface area (Å²) < 4.78 is 25.9. The lowest BCUT2D eigenvalue weighted by atomic mass is 9.90. The molecule has 0 spiro atoms. The van der Waals surface area contributed by atoms with E-state index in [1.54, 1.807) is 36.4 Å². The van der Waals surface area contributed by atoms with Crippen LogP contribution in [0.25, 0.3) is 11.3 Å². The number of rotatable bonds is 8. The quantitative estimate of drug-likeness (QED) is 0.373. The van der Waals surface area contributed by atoms with Crippen molar-refractivity contribution in [3.05, 3.63) is 72.2 Å². The summed E-state index contributed by atoms with van der Waals surface area (Å²) in [6.07, 6.45) is -5.90. The molecule has 2 unspecified atom stereocenters. The van der Waals surface area contributed by atoms with Crippen molar-refractivity contribution in [2.75, 3.05) is 6.61 Å². The van der Waals surface area contributed by atoms with Gasteiger partial charge in [-0.3, -0.25) is 0 Å². The van der Waals surface area contributed by atoms with Crippen molar-refractivity contribution in [1.82, 2.24) is 15.0 Å². The summed E-state index contributed by atoms with van der Waals surface area (Å²) in [4.78, 5) is 12.0. The van der Waals surface area contributed by atoms with E-state index in [1.807, 2.05) is 0 Å². The fraction of sp³-hybridized carbons (Fsp3) is 0.348. The number of benzene rings is 2. The zero-order chi connectivity index (χ0) is 24.2. The molecule has 1 fully saturated rings. The van der Waals surface area contributed by atoms with E-state index in [0.29, 0.717) is 11.1 Å². The van der Waals surface area contributed by atoms with E-state index in [2.05, 4.69) is 10.3 Å². The first-order valence-electron chi connectivity index (χ1n) is 10.6. The second-order valence-electron chi connectivity index (χ2n) is 7.94. The van der Waals surface area contributed by atoms with Gasteiger partial charge in [-0.25, -0.2) is 13.9 Å². The van der Waals surface area contributed by atoms with Crippen LogP contribution in [0.1, 0.15) is 11.6 Å². The monoisotopic (exact) mass is 473 g/mol. The van der Waals surface area contributed by atoms with Gasteiger partial charge in [0.05, 0.1) is 19.4 Å². The van der Waals surface area contributed by atoms with Crippen LogP contribution in [-0.2, 0) is 20.9 Å². The minimum atomic E-state index is -1.61. The van der Waals surface area contributed by atoms with Gasteiger partial charge in [0.25, 0.3) is 0 Å². The molecule has 1 aliphatic heterocycles. The average molecular weight is 473 g/mol. The number of carboxylic acids is 1. The number of aromatic nitrogens is 3. The van der Waals surface area contributed by atoms with Crippen LogP contribution in [0.4, 0.5) is 4.39 Å². The molecular formula is C23H24FN3O7. The molecule has 4 rings (SSSR count). The second-order valence-corrected chi connectivity index (χ2v) is 7.94. The van der Waals surface area contributed by atoms with E-state index in [1.165, 1.54) is 24.4 Å². The SMILES string of the molecule is O=C(O)[C@@H](OCc1ccccc1)[C@@H]1OC(CO)[C@H](O)[C@H](n2cc(-c3cccc(F)c3)nn2)C1O. The molecule has 6 atom stereocenters. The topological polar surface area (TPSA) is 147 Å². The van der Waals surface area contributed by atoms with Crippen molar-refractivity contribution in [2.45, 2.75) is 43.2 Å². The predicted octanol–water partition coefficient (Wildman–Crippen LogP) is 0.777. The molecule has 2 aromatic carbocycles. The van der Waals surface area contributed by atoms with Crippen LogP contribution in [0.5, 0.6) is 0 Å². The lowest BCUT2D eigenvalue weighted by Gasteiger charge is -2.43. The highest BCUT2D eigenvalue weighted by Crippen LogP contribution is 2.33. The lowest BCUT2D eigenvalue weighted by molar-refractivity contribution is -0.238. The Hall–Kier alpha value is -3.22. The van der Waals surface area contributed by atoms with Crippen LogP contribution in [0.15, 0.2) is 60.8 Å². The highest BCUT2D eigenvalue weighted by Gasteiger charge is 2.50. The maximum atomic E-state index is 13.6. The van der Waals surface area contributed by atoms with Crippen molar-refractivity contribution in [3.63, 3.8) is 0 Å². The zero-order valence-corrected chi connectivity index (χ0v) is 17.9. The van der Waals surface area contributed by atoms with Gasteiger partial charge in [0.1, 0.15) is 42.0 Å². The Morgan fingerprint density at radius 3 is 2.59 bits per heavy atom. The van der Waals surface area contributed by atoms with E-state index >= 15 is 0 Å². The Bertz CT molecular complexity index is 1110.